The van der Waals surface area contributed by atoms with Crippen LogP contribution in [0.4, 0.5) is 13.6 Å². The summed E-state index contributed by atoms with van der Waals surface area (Å²) in [6, 6.07) is 2.22. The molecule has 29 heavy (non-hydrogen) atoms. The van der Waals surface area contributed by atoms with Crippen LogP contribution in [0.25, 0.3) is 11.3 Å². The lowest BCUT2D eigenvalue weighted by molar-refractivity contribution is -0.124. The Kier molecular flexibility index (Phi) is 5.70. The Morgan fingerprint density at radius 1 is 1.24 bits per heavy atom. The first-order valence-corrected chi connectivity index (χ1v) is 9.43. The zero-order valence-corrected chi connectivity index (χ0v) is 16.9. The molecule has 2 aromatic rings. The van der Waals surface area contributed by atoms with Gasteiger partial charge in [-0.25, -0.2) is 13.6 Å². The molecule has 1 aliphatic heterocycles. The van der Waals surface area contributed by atoms with Crippen LogP contribution in [0, 0.1) is 17.0 Å². The number of carbonyl (C=O) groups excluding carboxylic acids is 2. The van der Waals surface area contributed by atoms with Gasteiger partial charge in [0.1, 0.15) is 6.04 Å². The molecule has 1 aromatic carbocycles. The highest BCUT2D eigenvalue weighted by molar-refractivity contribution is 5.88. The molecule has 1 atom stereocenters. The van der Waals surface area contributed by atoms with Crippen LogP contribution >= 0.6 is 0 Å². The highest BCUT2D eigenvalue weighted by Crippen LogP contribution is 2.29. The molecular weight excluding hydrogens is 380 g/mol. The summed E-state index contributed by atoms with van der Waals surface area (Å²) in [5.41, 5.74) is 1.71. The summed E-state index contributed by atoms with van der Waals surface area (Å²) in [4.78, 5) is 25.3. The number of hydrogen-bond acceptors (Lipinski definition) is 4. The number of nitrogens with zero attached hydrogens (tertiary/aromatic N) is 2. The standard InChI is InChI=1S/C20H25F2N5O2/c1-20(2,3)17(18(28)23-4)25-19(29)27-15-7-8-24-10-12(15)16(26-27)11-5-6-13(21)14(22)9-11/h5-6,9,17,24H,7-8,10H2,1-4H3,(H,23,28)(H,25,29). The quantitative estimate of drug-likeness (QED) is 0.731. The minimum atomic E-state index is -0.980. The van der Waals surface area contributed by atoms with E-state index in [9.17, 15) is 18.4 Å². The van der Waals surface area contributed by atoms with Crippen molar-refractivity contribution in [3.8, 4) is 11.3 Å². The lowest BCUT2D eigenvalue weighted by Crippen LogP contribution is -2.54. The van der Waals surface area contributed by atoms with Gasteiger partial charge in [-0.1, -0.05) is 20.8 Å². The van der Waals surface area contributed by atoms with Crippen molar-refractivity contribution in [1.82, 2.24) is 25.7 Å². The molecule has 2 heterocycles. The van der Waals surface area contributed by atoms with Crippen molar-refractivity contribution in [2.45, 2.75) is 39.8 Å². The normalized spacial score (nSPS) is 14.8. The molecule has 0 bridgehead atoms. The third-order valence-corrected chi connectivity index (χ3v) is 4.96. The molecule has 0 spiro atoms. The summed E-state index contributed by atoms with van der Waals surface area (Å²) in [5.74, 6) is -2.24. The van der Waals surface area contributed by atoms with Crippen molar-refractivity contribution in [3.63, 3.8) is 0 Å². The first-order chi connectivity index (χ1) is 13.6. The minimum Gasteiger partial charge on any atom is -0.357 e. The highest BCUT2D eigenvalue weighted by atomic mass is 19.2. The fraction of sp³-hybridized carbons (Fsp3) is 0.450. The number of benzene rings is 1. The Morgan fingerprint density at radius 2 is 1.97 bits per heavy atom. The molecule has 1 aromatic heterocycles. The minimum absolute atomic E-state index is 0.311. The zero-order valence-electron chi connectivity index (χ0n) is 16.9. The van der Waals surface area contributed by atoms with Crippen molar-refractivity contribution in [3.05, 3.63) is 41.1 Å². The van der Waals surface area contributed by atoms with Gasteiger partial charge >= 0.3 is 6.03 Å². The van der Waals surface area contributed by atoms with Gasteiger partial charge in [-0.15, -0.1) is 0 Å². The van der Waals surface area contributed by atoms with Gasteiger partial charge in [0.25, 0.3) is 0 Å². The second-order valence-electron chi connectivity index (χ2n) is 8.10. The average Bonchev–Trinajstić information content (AvgIpc) is 3.06. The first kappa shape index (κ1) is 20.9. The average molecular weight is 405 g/mol. The number of rotatable bonds is 3. The number of likely N-dealkylation sites (N-methyl/N-ethyl adjacent to an activating group) is 1. The van der Waals surface area contributed by atoms with E-state index in [2.05, 4.69) is 21.0 Å². The van der Waals surface area contributed by atoms with E-state index in [1.54, 1.807) is 0 Å². The number of carbonyl (C=O) groups is 2. The van der Waals surface area contributed by atoms with Gasteiger partial charge in [0.15, 0.2) is 11.6 Å². The van der Waals surface area contributed by atoms with Gasteiger partial charge in [-0.05, 0) is 23.6 Å². The Hall–Kier alpha value is -2.81. The predicted molar refractivity (Wildman–Crippen MR) is 104 cm³/mol. The van der Waals surface area contributed by atoms with Gasteiger partial charge < -0.3 is 16.0 Å². The van der Waals surface area contributed by atoms with Crippen molar-refractivity contribution < 1.29 is 18.4 Å². The summed E-state index contributed by atoms with van der Waals surface area (Å²) >= 11 is 0. The summed E-state index contributed by atoms with van der Waals surface area (Å²) < 4.78 is 28.3. The van der Waals surface area contributed by atoms with Crippen LogP contribution in [0.2, 0.25) is 0 Å². The van der Waals surface area contributed by atoms with Crippen LogP contribution in [-0.4, -0.2) is 41.4 Å². The van der Waals surface area contributed by atoms with Crippen molar-refractivity contribution in [1.29, 1.82) is 0 Å². The van der Waals surface area contributed by atoms with Crippen LogP contribution in [-0.2, 0) is 17.8 Å². The maximum absolute atomic E-state index is 13.7. The molecule has 156 valence electrons. The Morgan fingerprint density at radius 3 is 2.59 bits per heavy atom. The van der Waals surface area contributed by atoms with Gasteiger partial charge in [0, 0.05) is 37.7 Å². The highest BCUT2D eigenvalue weighted by Gasteiger charge is 2.34. The van der Waals surface area contributed by atoms with E-state index in [-0.39, 0.29) is 5.91 Å². The molecule has 3 rings (SSSR count). The number of nitrogens with one attached hydrogen (secondary N) is 3. The Labute approximate surface area is 167 Å². The van der Waals surface area contributed by atoms with Crippen LogP contribution in [0.3, 0.4) is 0 Å². The number of halogens is 2. The van der Waals surface area contributed by atoms with Gasteiger partial charge in [0.05, 0.1) is 11.4 Å². The van der Waals surface area contributed by atoms with E-state index in [1.165, 1.54) is 17.8 Å². The summed E-state index contributed by atoms with van der Waals surface area (Å²) in [5, 5.41) is 12.9. The largest absolute Gasteiger partial charge is 0.357 e. The smallest absolute Gasteiger partial charge is 0.343 e. The Balaban J connectivity index is 2.01. The van der Waals surface area contributed by atoms with Gasteiger partial charge in [0.2, 0.25) is 5.91 Å². The molecule has 0 radical (unpaired) electrons. The molecule has 2 amide bonds. The maximum atomic E-state index is 13.7. The predicted octanol–water partition coefficient (Wildman–Crippen LogP) is 2.19. The van der Waals surface area contributed by atoms with E-state index < -0.39 is 29.1 Å². The maximum Gasteiger partial charge on any atom is 0.343 e. The summed E-state index contributed by atoms with van der Waals surface area (Å²) in [6.07, 6.45) is 0.541. The molecule has 3 N–H and O–H groups in total. The van der Waals surface area contributed by atoms with Crippen molar-refractivity contribution in [2.75, 3.05) is 13.6 Å². The van der Waals surface area contributed by atoms with Crippen LogP contribution < -0.4 is 16.0 Å². The van der Waals surface area contributed by atoms with E-state index in [0.717, 1.165) is 17.7 Å². The number of amides is 2. The van der Waals surface area contributed by atoms with Gasteiger partial charge in [-0.3, -0.25) is 4.79 Å². The van der Waals surface area contributed by atoms with Crippen LogP contribution in [0.5, 0.6) is 0 Å². The van der Waals surface area contributed by atoms with Gasteiger partial charge in [-0.2, -0.15) is 9.78 Å². The molecule has 1 aliphatic rings. The van der Waals surface area contributed by atoms with Crippen LogP contribution in [0.15, 0.2) is 18.2 Å². The molecule has 0 fully saturated rings. The molecule has 0 saturated heterocycles. The monoisotopic (exact) mass is 405 g/mol. The lowest BCUT2D eigenvalue weighted by Gasteiger charge is -2.29. The Bertz CT molecular complexity index is 949. The van der Waals surface area contributed by atoms with Crippen molar-refractivity contribution in [2.24, 2.45) is 5.41 Å². The topological polar surface area (TPSA) is 88.1 Å². The number of hydrogen-bond donors (Lipinski definition) is 3. The fourth-order valence-electron chi connectivity index (χ4n) is 3.40. The van der Waals surface area contributed by atoms with E-state index in [1.807, 2.05) is 20.8 Å². The molecule has 0 aliphatic carbocycles. The molecule has 0 saturated carbocycles. The SMILES string of the molecule is CNC(=O)C(NC(=O)n1nc(-c2ccc(F)c(F)c2)c2c1CCNC2)C(C)(C)C. The second kappa shape index (κ2) is 7.90. The van der Waals surface area contributed by atoms with Crippen molar-refractivity contribution >= 4 is 11.9 Å². The second-order valence-corrected chi connectivity index (χ2v) is 8.10. The van der Waals surface area contributed by atoms with E-state index in [0.29, 0.717) is 36.5 Å². The first-order valence-electron chi connectivity index (χ1n) is 9.43. The van der Waals surface area contributed by atoms with Crippen LogP contribution in [0.1, 0.15) is 32.0 Å². The molecule has 7 nitrogen and oxygen atoms in total. The molecule has 1 unspecified atom stereocenters. The van der Waals surface area contributed by atoms with E-state index >= 15 is 0 Å². The summed E-state index contributed by atoms with van der Waals surface area (Å²) in [6.45, 7) is 6.66. The third-order valence-electron chi connectivity index (χ3n) is 4.96. The molecular formula is C20H25F2N5O2. The lowest BCUT2D eigenvalue weighted by atomic mass is 9.86. The number of aromatic nitrogens is 2. The number of fused-ring (bicyclic) bond motifs is 1. The zero-order chi connectivity index (χ0) is 21.3. The third kappa shape index (κ3) is 4.14. The summed E-state index contributed by atoms with van der Waals surface area (Å²) in [7, 11) is 1.51. The van der Waals surface area contributed by atoms with E-state index in [4.69, 9.17) is 0 Å². The molecule has 9 heteroatoms. The fourth-order valence-corrected chi connectivity index (χ4v) is 3.40.